The first-order chi connectivity index (χ1) is 14.3. The molecular weight excluding hydrogens is 376 g/mol. The molecule has 1 aliphatic rings. The molecule has 6 nitrogen and oxygen atoms in total. The van der Waals surface area contributed by atoms with Gasteiger partial charge in [0.15, 0.2) is 5.69 Å². The van der Waals surface area contributed by atoms with E-state index < -0.39 is 0 Å². The number of aryl methyl sites for hydroxylation is 4. The third-order valence-electron chi connectivity index (χ3n) is 6.14. The third-order valence-corrected chi connectivity index (χ3v) is 6.14. The van der Waals surface area contributed by atoms with Crippen LogP contribution in [0.4, 0.5) is 5.69 Å². The molecule has 1 saturated heterocycles. The molecule has 1 aliphatic heterocycles. The SMILES string of the molecule is Cc1cccc(N2CCN(C(=O)c3nc4cc(C)c(C)cc4n(C)c3=O)C[C@H]2C)c1. The Labute approximate surface area is 176 Å². The maximum Gasteiger partial charge on any atom is 0.282 e. The van der Waals surface area contributed by atoms with Crippen LogP contribution in [0.3, 0.4) is 0 Å². The number of aromatic nitrogens is 2. The van der Waals surface area contributed by atoms with Crippen molar-refractivity contribution in [3.8, 4) is 0 Å². The smallest absolute Gasteiger partial charge is 0.282 e. The van der Waals surface area contributed by atoms with Gasteiger partial charge >= 0.3 is 0 Å². The van der Waals surface area contributed by atoms with Gasteiger partial charge in [0.2, 0.25) is 0 Å². The molecule has 0 spiro atoms. The van der Waals surface area contributed by atoms with Gasteiger partial charge in [-0.3, -0.25) is 9.59 Å². The average molecular weight is 405 g/mol. The molecule has 1 aromatic heterocycles. The Kier molecular flexibility index (Phi) is 5.10. The molecule has 1 amide bonds. The van der Waals surface area contributed by atoms with Crippen molar-refractivity contribution in [3.05, 3.63) is 69.1 Å². The quantitative estimate of drug-likeness (QED) is 0.658. The lowest BCUT2D eigenvalue weighted by molar-refractivity contribution is 0.0718. The largest absolute Gasteiger partial charge is 0.365 e. The van der Waals surface area contributed by atoms with E-state index >= 15 is 0 Å². The minimum atomic E-state index is -0.343. The van der Waals surface area contributed by atoms with Gasteiger partial charge in [-0.15, -0.1) is 0 Å². The van der Waals surface area contributed by atoms with Crippen LogP contribution in [0.2, 0.25) is 0 Å². The van der Waals surface area contributed by atoms with Crippen molar-refractivity contribution in [3.63, 3.8) is 0 Å². The summed E-state index contributed by atoms with van der Waals surface area (Å²) in [4.78, 5) is 34.7. The Morgan fingerprint density at radius 1 is 1.07 bits per heavy atom. The van der Waals surface area contributed by atoms with Crippen molar-refractivity contribution < 1.29 is 4.79 Å². The highest BCUT2D eigenvalue weighted by Crippen LogP contribution is 2.22. The van der Waals surface area contributed by atoms with E-state index in [9.17, 15) is 9.59 Å². The van der Waals surface area contributed by atoms with Crippen LogP contribution in [0.25, 0.3) is 11.0 Å². The first-order valence-electron chi connectivity index (χ1n) is 10.4. The van der Waals surface area contributed by atoms with E-state index in [2.05, 4.69) is 48.0 Å². The molecule has 0 unspecified atom stereocenters. The summed E-state index contributed by atoms with van der Waals surface area (Å²) < 4.78 is 1.54. The maximum atomic E-state index is 13.2. The van der Waals surface area contributed by atoms with Crippen LogP contribution in [0.15, 0.2) is 41.2 Å². The Bertz CT molecular complexity index is 1200. The van der Waals surface area contributed by atoms with Gasteiger partial charge in [-0.05, 0) is 68.7 Å². The molecule has 0 saturated carbocycles. The molecule has 0 radical (unpaired) electrons. The molecule has 1 atom stereocenters. The summed E-state index contributed by atoms with van der Waals surface area (Å²) >= 11 is 0. The van der Waals surface area contributed by atoms with Crippen LogP contribution >= 0.6 is 0 Å². The number of piperazine rings is 1. The van der Waals surface area contributed by atoms with Crippen molar-refractivity contribution in [2.24, 2.45) is 7.05 Å². The zero-order valence-corrected chi connectivity index (χ0v) is 18.3. The second-order valence-corrected chi connectivity index (χ2v) is 8.38. The van der Waals surface area contributed by atoms with E-state index in [1.807, 2.05) is 26.0 Å². The van der Waals surface area contributed by atoms with Gasteiger partial charge in [-0.1, -0.05) is 12.1 Å². The van der Waals surface area contributed by atoms with E-state index in [4.69, 9.17) is 0 Å². The lowest BCUT2D eigenvalue weighted by atomic mass is 10.1. The maximum absolute atomic E-state index is 13.2. The summed E-state index contributed by atoms with van der Waals surface area (Å²) in [7, 11) is 1.70. The highest BCUT2D eigenvalue weighted by atomic mass is 16.2. The van der Waals surface area contributed by atoms with Gasteiger partial charge in [0.25, 0.3) is 11.5 Å². The van der Waals surface area contributed by atoms with Crippen LogP contribution < -0.4 is 10.5 Å². The minimum Gasteiger partial charge on any atom is -0.365 e. The predicted octanol–water partition coefficient (Wildman–Crippen LogP) is 3.21. The fraction of sp³-hybridized carbons (Fsp3) is 0.375. The summed E-state index contributed by atoms with van der Waals surface area (Å²) in [5, 5.41) is 0. The van der Waals surface area contributed by atoms with Crippen LogP contribution in [0, 0.1) is 20.8 Å². The van der Waals surface area contributed by atoms with Crippen molar-refractivity contribution in [2.75, 3.05) is 24.5 Å². The molecule has 0 bridgehead atoms. The molecule has 6 heteroatoms. The molecule has 30 heavy (non-hydrogen) atoms. The van der Waals surface area contributed by atoms with Gasteiger partial charge < -0.3 is 14.4 Å². The number of hydrogen-bond acceptors (Lipinski definition) is 4. The Morgan fingerprint density at radius 2 is 1.80 bits per heavy atom. The van der Waals surface area contributed by atoms with Crippen molar-refractivity contribution in [1.29, 1.82) is 0 Å². The Balaban J connectivity index is 1.63. The molecule has 3 aromatic rings. The Hall–Kier alpha value is -3.15. The van der Waals surface area contributed by atoms with Crippen molar-refractivity contribution in [2.45, 2.75) is 33.7 Å². The van der Waals surface area contributed by atoms with E-state index in [0.29, 0.717) is 18.6 Å². The van der Waals surface area contributed by atoms with Gasteiger partial charge in [-0.2, -0.15) is 0 Å². The van der Waals surface area contributed by atoms with Gasteiger partial charge in [0, 0.05) is 38.4 Å². The van der Waals surface area contributed by atoms with Gasteiger partial charge in [0.1, 0.15) is 0 Å². The first kappa shape index (κ1) is 20.1. The summed E-state index contributed by atoms with van der Waals surface area (Å²) in [5.74, 6) is -0.286. The molecule has 0 aliphatic carbocycles. The average Bonchev–Trinajstić information content (AvgIpc) is 2.71. The number of hydrogen-bond donors (Lipinski definition) is 0. The molecule has 156 valence electrons. The number of carbonyl (C=O) groups excluding carboxylic acids is 1. The molecule has 2 aromatic carbocycles. The number of rotatable bonds is 2. The number of anilines is 1. The minimum absolute atomic E-state index is 0.00413. The zero-order chi connectivity index (χ0) is 21.6. The van der Waals surface area contributed by atoms with Crippen LogP contribution in [-0.4, -0.2) is 46.0 Å². The van der Waals surface area contributed by atoms with E-state index in [1.54, 1.807) is 11.9 Å². The number of amides is 1. The standard InChI is InChI=1S/C24H28N4O2/c1-15-7-6-8-19(11-15)28-10-9-27(14-18(28)4)24(30)22-23(29)26(5)21-13-17(3)16(2)12-20(21)25-22/h6-8,11-13,18H,9-10,14H2,1-5H3/t18-/m1/s1. The van der Waals surface area contributed by atoms with E-state index in [-0.39, 0.29) is 23.2 Å². The molecule has 1 fully saturated rings. The summed E-state index contributed by atoms with van der Waals surface area (Å²) in [6.45, 7) is 10.1. The van der Waals surface area contributed by atoms with Gasteiger partial charge in [0.05, 0.1) is 11.0 Å². The summed E-state index contributed by atoms with van der Waals surface area (Å²) in [6, 6.07) is 12.5. The molecule has 0 N–H and O–H groups in total. The predicted molar refractivity (Wildman–Crippen MR) is 120 cm³/mol. The van der Waals surface area contributed by atoms with Crippen LogP contribution in [0.1, 0.15) is 34.1 Å². The zero-order valence-electron chi connectivity index (χ0n) is 18.3. The van der Waals surface area contributed by atoms with Crippen LogP contribution in [0.5, 0.6) is 0 Å². The topological polar surface area (TPSA) is 58.4 Å². The second-order valence-electron chi connectivity index (χ2n) is 8.38. The van der Waals surface area contributed by atoms with Crippen molar-refractivity contribution in [1.82, 2.24) is 14.5 Å². The first-order valence-corrected chi connectivity index (χ1v) is 10.4. The normalized spacial score (nSPS) is 16.9. The second kappa shape index (κ2) is 7.59. The van der Waals surface area contributed by atoms with Crippen molar-refractivity contribution >= 4 is 22.6 Å². The Morgan fingerprint density at radius 3 is 2.50 bits per heavy atom. The summed E-state index contributed by atoms with van der Waals surface area (Å²) in [6.07, 6.45) is 0. The lowest BCUT2D eigenvalue weighted by Crippen LogP contribution is -2.54. The van der Waals surface area contributed by atoms with E-state index in [0.717, 1.165) is 23.2 Å². The number of fused-ring (bicyclic) bond motifs is 1. The monoisotopic (exact) mass is 404 g/mol. The third kappa shape index (κ3) is 3.47. The van der Waals surface area contributed by atoms with Crippen LogP contribution in [-0.2, 0) is 7.05 Å². The fourth-order valence-corrected chi connectivity index (χ4v) is 4.20. The number of benzene rings is 2. The molecule has 2 heterocycles. The summed E-state index contributed by atoms with van der Waals surface area (Å²) in [5.41, 5.74) is 5.65. The number of nitrogens with zero attached hydrogens (tertiary/aromatic N) is 4. The lowest BCUT2D eigenvalue weighted by Gasteiger charge is -2.41. The van der Waals surface area contributed by atoms with Gasteiger partial charge in [-0.25, -0.2) is 4.98 Å². The number of carbonyl (C=O) groups is 1. The highest BCUT2D eigenvalue weighted by Gasteiger charge is 2.30. The highest BCUT2D eigenvalue weighted by molar-refractivity contribution is 5.94. The molecule has 4 rings (SSSR count). The molecular formula is C24H28N4O2. The fourth-order valence-electron chi connectivity index (χ4n) is 4.20. The van der Waals surface area contributed by atoms with E-state index in [1.165, 1.54) is 15.8 Å².